The SMILES string of the molecule is CC(C)C1CC[C@H](C)CC1OP1CCC[C@@H]1Cc1ccccc1.[B]. The van der Waals surface area contributed by atoms with Crippen LogP contribution in [0.2, 0.25) is 0 Å². The third kappa shape index (κ3) is 5.09. The quantitative estimate of drug-likeness (QED) is 0.479. The molecular formula is C21H33BOP. The summed E-state index contributed by atoms with van der Waals surface area (Å²) in [6, 6.07) is 11.0. The van der Waals surface area contributed by atoms with Crippen molar-refractivity contribution in [3.63, 3.8) is 0 Å². The van der Waals surface area contributed by atoms with E-state index in [4.69, 9.17) is 4.52 Å². The molecule has 1 aliphatic heterocycles. The number of hydrogen-bond acceptors (Lipinski definition) is 1. The molecule has 1 saturated heterocycles. The van der Waals surface area contributed by atoms with Gasteiger partial charge in [-0.25, -0.2) is 0 Å². The van der Waals surface area contributed by atoms with Gasteiger partial charge >= 0.3 is 0 Å². The van der Waals surface area contributed by atoms with Gasteiger partial charge in [0.1, 0.15) is 0 Å². The Morgan fingerprint density at radius 3 is 2.58 bits per heavy atom. The van der Waals surface area contributed by atoms with Gasteiger partial charge in [0.25, 0.3) is 0 Å². The highest BCUT2D eigenvalue weighted by Crippen LogP contribution is 2.55. The molecule has 1 heterocycles. The highest BCUT2D eigenvalue weighted by molar-refractivity contribution is 7.53. The van der Waals surface area contributed by atoms with Crippen LogP contribution in [-0.2, 0) is 10.9 Å². The fraction of sp³-hybridized carbons (Fsp3) is 0.714. The minimum absolute atomic E-state index is 0. The Balaban J connectivity index is 0.00000208. The van der Waals surface area contributed by atoms with Gasteiger partial charge in [0.15, 0.2) is 0 Å². The monoisotopic (exact) mass is 343 g/mol. The third-order valence-electron chi connectivity index (χ3n) is 5.87. The molecule has 1 saturated carbocycles. The third-order valence-corrected chi connectivity index (χ3v) is 8.42. The average Bonchev–Trinajstić information content (AvgIpc) is 2.95. The number of benzene rings is 1. The summed E-state index contributed by atoms with van der Waals surface area (Å²) in [5.41, 5.74) is 2.28. The molecule has 2 fully saturated rings. The first kappa shape index (κ1) is 20.0. The molecular weight excluding hydrogens is 310 g/mol. The second kappa shape index (κ2) is 9.39. The molecule has 131 valence electrons. The van der Waals surface area contributed by atoms with Gasteiger partial charge in [-0.1, -0.05) is 57.5 Å². The molecule has 3 radical (unpaired) electrons. The van der Waals surface area contributed by atoms with Crippen LogP contribution >= 0.6 is 8.15 Å². The first-order valence-electron chi connectivity index (χ1n) is 9.61. The lowest BCUT2D eigenvalue weighted by Gasteiger charge is -2.39. The van der Waals surface area contributed by atoms with E-state index in [1.165, 1.54) is 50.3 Å². The van der Waals surface area contributed by atoms with Crippen molar-refractivity contribution in [1.29, 1.82) is 0 Å². The fourth-order valence-electron chi connectivity index (χ4n) is 4.45. The molecule has 5 atom stereocenters. The van der Waals surface area contributed by atoms with Crippen molar-refractivity contribution in [2.45, 2.75) is 71.1 Å². The van der Waals surface area contributed by atoms with Crippen LogP contribution in [0, 0.1) is 17.8 Å². The van der Waals surface area contributed by atoms with Gasteiger partial charge in [0.2, 0.25) is 0 Å². The van der Waals surface area contributed by atoms with Crippen molar-refractivity contribution in [2.24, 2.45) is 17.8 Å². The molecule has 3 rings (SSSR count). The van der Waals surface area contributed by atoms with Crippen molar-refractivity contribution in [2.75, 3.05) is 6.16 Å². The normalized spacial score (nSPS) is 33.4. The van der Waals surface area contributed by atoms with Crippen LogP contribution in [0.5, 0.6) is 0 Å². The van der Waals surface area contributed by atoms with E-state index >= 15 is 0 Å². The van der Waals surface area contributed by atoms with Crippen LogP contribution in [-0.4, -0.2) is 26.3 Å². The van der Waals surface area contributed by atoms with Crippen molar-refractivity contribution < 1.29 is 4.52 Å². The van der Waals surface area contributed by atoms with Crippen LogP contribution in [0.15, 0.2) is 30.3 Å². The van der Waals surface area contributed by atoms with Crippen LogP contribution in [0.25, 0.3) is 0 Å². The molecule has 1 aliphatic carbocycles. The molecule has 0 amide bonds. The minimum atomic E-state index is -0.226. The minimum Gasteiger partial charge on any atom is -0.355 e. The fourth-order valence-corrected chi connectivity index (χ4v) is 7.06. The van der Waals surface area contributed by atoms with Gasteiger partial charge in [-0.15, -0.1) is 0 Å². The highest BCUT2D eigenvalue weighted by Gasteiger charge is 2.36. The van der Waals surface area contributed by atoms with E-state index in [-0.39, 0.29) is 16.6 Å². The maximum Gasteiger partial charge on any atom is 0.0651 e. The molecule has 3 heteroatoms. The zero-order valence-corrected chi connectivity index (χ0v) is 16.6. The number of rotatable bonds is 5. The molecule has 0 spiro atoms. The highest BCUT2D eigenvalue weighted by atomic mass is 31.1. The van der Waals surface area contributed by atoms with E-state index < -0.39 is 0 Å². The molecule has 0 N–H and O–H groups in total. The first-order valence-corrected chi connectivity index (χ1v) is 11.1. The van der Waals surface area contributed by atoms with Crippen LogP contribution in [0.4, 0.5) is 0 Å². The summed E-state index contributed by atoms with van der Waals surface area (Å²) in [6.45, 7) is 7.19. The second-order valence-corrected chi connectivity index (χ2v) is 10.3. The maximum atomic E-state index is 6.85. The molecule has 3 unspecified atom stereocenters. The zero-order valence-electron chi connectivity index (χ0n) is 15.7. The van der Waals surface area contributed by atoms with Gasteiger partial charge in [-0.2, -0.15) is 0 Å². The van der Waals surface area contributed by atoms with Crippen molar-refractivity contribution in [1.82, 2.24) is 0 Å². The summed E-state index contributed by atoms with van der Waals surface area (Å²) >= 11 is 0. The van der Waals surface area contributed by atoms with E-state index in [2.05, 4.69) is 51.1 Å². The summed E-state index contributed by atoms with van der Waals surface area (Å²) in [4.78, 5) is 0. The van der Waals surface area contributed by atoms with E-state index in [0.29, 0.717) is 6.10 Å². The largest absolute Gasteiger partial charge is 0.355 e. The molecule has 24 heavy (non-hydrogen) atoms. The lowest BCUT2D eigenvalue weighted by atomic mass is 9.75. The molecule has 1 aromatic carbocycles. The van der Waals surface area contributed by atoms with E-state index in [1.54, 1.807) is 0 Å². The second-order valence-electron chi connectivity index (χ2n) is 8.10. The standard InChI is InChI=1S/C21H33OP.B/c1-16(2)20-12-11-17(3)14-21(20)22-23-13-7-10-19(23)15-18-8-5-4-6-9-18;/h4-6,8-9,16-17,19-21H,7,10-15H2,1-3H3;/t17-,19+,20?,21?,23?;/m0./s1. The van der Waals surface area contributed by atoms with Crippen LogP contribution in [0.1, 0.15) is 58.4 Å². The van der Waals surface area contributed by atoms with Crippen molar-refractivity contribution >= 4 is 16.6 Å². The lowest BCUT2D eigenvalue weighted by molar-refractivity contribution is 0.0548. The molecule has 0 aromatic heterocycles. The molecule has 1 nitrogen and oxygen atoms in total. The van der Waals surface area contributed by atoms with Crippen molar-refractivity contribution in [3.8, 4) is 0 Å². The van der Waals surface area contributed by atoms with Gasteiger partial charge in [-0.3, -0.25) is 0 Å². The molecule has 1 aromatic rings. The summed E-state index contributed by atoms with van der Waals surface area (Å²) in [5, 5.41) is 0. The van der Waals surface area contributed by atoms with Crippen molar-refractivity contribution in [3.05, 3.63) is 35.9 Å². The number of hydrogen-bond donors (Lipinski definition) is 0. The topological polar surface area (TPSA) is 9.23 Å². The van der Waals surface area contributed by atoms with Gasteiger partial charge < -0.3 is 4.52 Å². The average molecular weight is 343 g/mol. The summed E-state index contributed by atoms with van der Waals surface area (Å²) in [7, 11) is -0.226. The van der Waals surface area contributed by atoms with E-state index in [0.717, 1.165) is 23.4 Å². The summed E-state index contributed by atoms with van der Waals surface area (Å²) in [5.74, 6) is 2.39. The van der Waals surface area contributed by atoms with Gasteiger partial charge in [-0.05, 0) is 61.6 Å². The van der Waals surface area contributed by atoms with Gasteiger partial charge in [0.05, 0.1) is 6.10 Å². The predicted octanol–water partition coefficient (Wildman–Crippen LogP) is 5.89. The lowest BCUT2D eigenvalue weighted by Crippen LogP contribution is -2.33. The summed E-state index contributed by atoms with van der Waals surface area (Å²) < 4.78 is 6.85. The smallest absolute Gasteiger partial charge is 0.0651 e. The van der Waals surface area contributed by atoms with Gasteiger partial charge in [0, 0.05) is 22.2 Å². The Morgan fingerprint density at radius 2 is 1.88 bits per heavy atom. The first-order chi connectivity index (χ1) is 11.1. The summed E-state index contributed by atoms with van der Waals surface area (Å²) in [6.07, 6.45) is 9.89. The van der Waals surface area contributed by atoms with E-state index in [9.17, 15) is 0 Å². The predicted molar refractivity (Wildman–Crippen MR) is 107 cm³/mol. The Labute approximate surface area is 152 Å². The van der Waals surface area contributed by atoms with E-state index in [1.807, 2.05) is 0 Å². The molecule has 0 bridgehead atoms. The zero-order chi connectivity index (χ0) is 16.2. The Hall–Kier alpha value is -0.325. The van der Waals surface area contributed by atoms with Crippen LogP contribution in [0.3, 0.4) is 0 Å². The Morgan fingerprint density at radius 1 is 1.12 bits per heavy atom. The Bertz CT molecular complexity index is 478. The maximum absolute atomic E-state index is 6.85. The Kier molecular flexibility index (Phi) is 7.83. The van der Waals surface area contributed by atoms with Crippen LogP contribution < -0.4 is 0 Å². The molecule has 2 aliphatic rings.